The molecule has 0 radical (unpaired) electrons. The molecule has 2 heterocycles. The topological polar surface area (TPSA) is 91.8 Å². The number of rotatable bonds is 12. The fraction of sp³-hybridized carbons (Fsp3) is 0.650. The Morgan fingerprint density at radius 1 is 1.22 bits per heavy atom. The Bertz CT molecular complexity index is 637. The standard InChI is InChI=1S/C20H31N5O2/c1-2-3-6-11-18(26)15-14-17-10-9-13-20(27)25(17)16-8-5-4-7-12-19-21-23-24-22-19/h5,8,14H,2-4,6-7,9-13,15-16H2,1H3,(H,21,22,23,24)/b8-5-,17-14?. The maximum absolute atomic E-state index is 12.3. The molecule has 1 aliphatic rings. The number of unbranched alkanes of at least 4 members (excludes halogenated alkanes) is 3. The number of ketones is 1. The number of hydrogen-bond acceptors (Lipinski definition) is 5. The molecule has 0 saturated carbocycles. The number of carbonyl (C=O) groups excluding carboxylic acids is 2. The van der Waals surface area contributed by atoms with Crippen molar-refractivity contribution in [2.45, 2.75) is 77.6 Å². The van der Waals surface area contributed by atoms with E-state index >= 15 is 0 Å². The zero-order valence-electron chi connectivity index (χ0n) is 16.3. The molecule has 1 aliphatic heterocycles. The van der Waals surface area contributed by atoms with Gasteiger partial charge in [0.15, 0.2) is 5.82 Å². The van der Waals surface area contributed by atoms with Gasteiger partial charge >= 0.3 is 0 Å². The number of nitrogens with zero attached hydrogens (tertiary/aromatic N) is 4. The normalized spacial score (nSPS) is 16.6. The number of aryl methyl sites for hydroxylation is 1. The van der Waals surface area contributed by atoms with E-state index < -0.39 is 0 Å². The summed E-state index contributed by atoms with van der Waals surface area (Å²) in [6.07, 6.45) is 15.4. The molecule has 0 bridgehead atoms. The van der Waals surface area contributed by atoms with E-state index in [1.165, 1.54) is 0 Å². The van der Waals surface area contributed by atoms with Gasteiger partial charge in [-0.2, -0.15) is 5.21 Å². The molecule has 1 aromatic rings. The van der Waals surface area contributed by atoms with Gasteiger partial charge < -0.3 is 4.90 Å². The minimum absolute atomic E-state index is 0.155. The lowest BCUT2D eigenvalue weighted by Crippen LogP contribution is -2.33. The van der Waals surface area contributed by atoms with Crippen LogP contribution in [0.1, 0.15) is 77.0 Å². The van der Waals surface area contributed by atoms with Crippen LogP contribution in [-0.2, 0) is 16.0 Å². The van der Waals surface area contributed by atoms with Crippen LogP contribution < -0.4 is 0 Å². The number of amides is 1. The minimum Gasteiger partial charge on any atom is -0.313 e. The van der Waals surface area contributed by atoms with Gasteiger partial charge in [-0.05, 0) is 32.1 Å². The van der Waals surface area contributed by atoms with Crippen molar-refractivity contribution in [3.63, 3.8) is 0 Å². The quantitative estimate of drug-likeness (QED) is 0.447. The second-order valence-corrected chi connectivity index (χ2v) is 6.94. The highest BCUT2D eigenvalue weighted by atomic mass is 16.2. The first-order chi connectivity index (χ1) is 13.2. The molecule has 0 unspecified atom stereocenters. The monoisotopic (exact) mass is 373 g/mol. The SMILES string of the molecule is CCCCCC(=O)CC=C1CCCC(=O)N1C/C=C\CCCc1nn[nH]n1. The molecular formula is C20H31N5O2. The first kappa shape index (κ1) is 21.0. The number of aromatic amines is 1. The molecule has 0 aromatic carbocycles. The van der Waals surface area contributed by atoms with E-state index in [0.29, 0.717) is 25.8 Å². The lowest BCUT2D eigenvalue weighted by atomic mass is 10.0. The average molecular weight is 374 g/mol. The molecule has 1 fully saturated rings. The summed E-state index contributed by atoms with van der Waals surface area (Å²) in [4.78, 5) is 26.1. The molecule has 0 spiro atoms. The largest absolute Gasteiger partial charge is 0.313 e. The zero-order valence-corrected chi connectivity index (χ0v) is 16.3. The summed E-state index contributed by atoms with van der Waals surface area (Å²) in [5.74, 6) is 1.15. The maximum atomic E-state index is 12.3. The van der Waals surface area contributed by atoms with Gasteiger partial charge in [0.25, 0.3) is 0 Å². The maximum Gasteiger partial charge on any atom is 0.227 e. The van der Waals surface area contributed by atoms with Gasteiger partial charge in [-0.25, -0.2) is 0 Å². The second-order valence-electron chi connectivity index (χ2n) is 6.94. The lowest BCUT2D eigenvalue weighted by molar-refractivity contribution is -0.130. The van der Waals surface area contributed by atoms with Gasteiger partial charge in [0.2, 0.25) is 5.91 Å². The zero-order chi connectivity index (χ0) is 19.3. The number of likely N-dealkylation sites (tertiary alicyclic amines) is 1. The first-order valence-electron chi connectivity index (χ1n) is 10.1. The summed E-state index contributed by atoms with van der Waals surface area (Å²) in [6.45, 7) is 2.72. The average Bonchev–Trinajstić information content (AvgIpc) is 3.18. The van der Waals surface area contributed by atoms with Gasteiger partial charge in [0, 0.05) is 37.9 Å². The second kappa shape index (κ2) is 12.1. The van der Waals surface area contributed by atoms with Crippen molar-refractivity contribution in [2.24, 2.45) is 0 Å². The van der Waals surface area contributed by atoms with Crippen LogP contribution in [0, 0.1) is 0 Å². The van der Waals surface area contributed by atoms with Crippen molar-refractivity contribution in [1.82, 2.24) is 25.5 Å². The van der Waals surface area contributed by atoms with E-state index in [2.05, 4.69) is 33.6 Å². The van der Waals surface area contributed by atoms with Crippen LogP contribution in [0.3, 0.4) is 0 Å². The van der Waals surface area contributed by atoms with E-state index in [9.17, 15) is 9.59 Å². The summed E-state index contributed by atoms with van der Waals surface area (Å²) in [6, 6.07) is 0. The fourth-order valence-electron chi connectivity index (χ4n) is 3.15. The molecule has 1 aromatic heterocycles. The Hall–Kier alpha value is -2.31. The number of nitrogens with one attached hydrogen (secondary N) is 1. The molecule has 27 heavy (non-hydrogen) atoms. The van der Waals surface area contributed by atoms with Crippen LogP contribution in [0.15, 0.2) is 23.9 Å². The summed E-state index contributed by atoms with van der Waals surface area (Å²) in [5, 5.41) is 13.8. The van der Waals surface area contributed by atoms with Crippen LogP contribution in [0.2, 0.25) is 0 Å². The Morgan fingerprint density at radius 3 is 2.89 bits per heavy atom. The third-order valence-corrected chi connectivity index (χ3v) is 4.71. The molecule has 0 atom stereocenters. The van der Waals surface area contributed by atoms with Crippen molar-refractivity contribution < 1.29 is 9.59 Å². The molecule has 1 amide bonds. The highest BCUT2D eigenvalue weighted by Gasteiger charge is 2.21. The predicted octanol–water partition coefficient (Wildman–Crippen LogP) is 3.51. The smallest absolute Gasteiger partial charge is 0.227 e. The van der Waals surface area contributed by atoms with Crippen LogP contribution in [0.4, 0.5) is 0 Å². The van der Waals surface area contributed by atoms with Crippen molar-refractivity contribution in [3.8, 4) is 0 Å². The number of piperidine rings is 1. The summed E-state index contributed by atoms with van der Waals surface area (Å²) in [5.41, 5.74) is 1.01. The molecule has 0 aliphatic carbocycles. The Labute approximate surface area is 161 Å². The predicted molar refractivity (Wildman–Crippen MR) is 104 cm³/mol. The van der Waals surface area contributed by atoms with E-state index in [4.69, 9.17) is 0 Å². The van der Waals surface area contributed by atoms with Gasteiger partial charge in [0.1, 0.15) is 5.78 Å². The summed E-state index contributed by atoms with van der Waals surface area (Å²) >= 11 is 0. The molecule has 7 nitrogen and oxygen atoms in total. The number of carbonyl (C=O) groups is 2. The van der Waals surface area contributed by atoms with Gasteiger partial charge in [0.05, 0.1) is 0 Å². The van der Waals surface area contributed by atoms with E-state index in [-0.39, 0.29) is 11.7 Å². The number of allylic oxidation sites excluding steroid dienone is 3. The Balaban J connectivity index is 1.76. The molecule has 2 rings (SSSR count). The molecule has 1 N–H and O–H groups in total. The van der Waals surface area contributed by atoms with Gasteiger partial charge in [-0.15, -0.1) is 10.2 Å². The minimum atomic E-state index is 0.155. The Kier molecular flexibility index (Phi) is 9.44. The van der Waals surface area contributed by atoms with Gasteiger partial charge in [-0.1, -0.05) is 43.2 Å². The fourth-order valence-corrected chi connectivity index (χ4v) is 3.15. The van der Waals surface area contributed by atoms with Crippen LogP contribution in [0.25, 0.3) is 0 Å². The van der Waals surface area contributed by atoms with Crippen LogP contribution in [-0.4, -0.2) is 43.8 Å². The van der Waals surface area contributed by atoms with Crippen LogP contribution in [0.5, 0.6) is 0 Å². The van der Waals surface area contributed by atoms with Crippen molar-refractivity contribution >= 4 is 11.7 Å². The van der Waals surface area contributed by atoms with E-state index in [1.807, 2.05) is 17.1 Å². The molecule has 7 heteroatoms. The van der Waals surface area contributed by atoms with Crippen molar-refractivity contribution in [1.29, 1.82) is 0 Å². The van der Waals surface area contributed by atoms with Crippen molar-refractivity contribution in [2.75, 3.05) is 6.54 Å². The van der Waals surface area contributed by atoms with E-state index in [0.717, 1.165) is 62.9 Å². The Morgan fingerprint density at radius 2 is 2.11 bits per heavy atom. The lowest BCUT2D eigenvalue weighted by Gasteiger charge is -2.29. The van der Waals surface area contributed by atoms with Crippen molar-refractivity contribution in [3.05, 3.63) is 29.7 Å². The molecule has 148 valence electrons. The highest BCUT2D eigenvalue weighted by molar-refractivity contribution is 5.81. The summed E-state index contributed by atoms with van der Waals surface area (Å²) < 4.78 is 0. The number of tetrazole rings is 1. The number of hydrogen-bond donors (Lipinski definition) is 1. The number of H-pyrrole nitrogens is 1. The number of aromatic nitrogens is 4. The van der Waals surface area contributed by atoms with E-state index in [1.54, 1.807) is 0 Å². The van der Waals surface area contributed by atoms with Crippen LogP contribution >= 0.6 is 0 Å². The molecular weight excluding hydrogens is 342 g/mol. The summed E-state index contributed by atoms with van der Waals surface area (Å²) in [7, 11) is 0. The third-order valence-electron chi connectivity index (χ3n) is 4.71. The van der Waals surface area contributed by atoms with Gasteiger partial charge in [-0.3, -0.25) is 9.59 Å². The molecule has 1 saturated heterocycles. The number of Topliss-reactive ketones (excluding diaryl/α,β-unsaturated/α-hetero) is 1. The first-order valence-corrected chi connectivity index (χ1v) is 10.1. The highest BCUT2D eigenvalue weighted by Crippen LogP contribution is 2.22. The third kappa shape index (κ3) is 7.85.